The molecule has 1 aromatic heterocycles. The number of anilines is 1. The van der Waals surface area contributed by atoms with Crippen LogP contribution < -0.4 is 10.6 Å². The van der Waals surface area contributed by atoms with Crippen LogP contribution in [0.25, 0.3) is 10.2 Å². The van der Waals surface area contributed by atoms with E-state index >= 15 is 0 Å². The van der Waals surface area contributed by atoms with E-state index in [1.54, 1.807) is 28.0 Å². The van der Waals surface area contributed by atoms with Gasteiger partial charge in [0.25, 0.3) is 0 Å². The summed E-state index contributed by atoms with van der Waals surface area (Å²) in [5.74, 6) is -0.853. The summed E-state index contributed by atoms with van der Waals surface area (Å²) < 4.78 is 2.04. The minimum absolute atomic E-state index is 0.0530. The van der Waals surface area contributed by atoms with Crippen LogP contribution in [-0.2, 0) is 9.59 Å². The third-order valence-corrected chi connectivity index (χ3v) is 5.37. The number of carbonyl (C=O) groups excluding carboxylic acids is 2. The lowest BCUT2D eigenvalue weighted by atomic mass is 10.1. The number of hydrogen-bond donors (Lipinski definition) is 1. The molecule has 20 heavy (non-hydrogen) atoms. The Labute approximate surface area is 124 Å². The Morgan fingerprint density at radius 2 is 2.35 bits per heavy atom. The van der Waals surface area contributed by atoms with Crippen molar-refractivity contribution in [1.82, 2.24) is 4.98 Å². The molecule has 0 aliphatic carbocycles. The van der Waals surface area contributed by atoms with Crippen LogP contribution in [0.5, 0.6) is 0 Å². The third-order valence-electron chi connectivity index (χ3n) is 3.37. The van der Waals surface area contributed by atoms with Gasteiger partial charge in [-0.05, 0) is 24.5 Å². The second-order valence-electron chi connectivity index (χ2n) is 4.64. The normalized spacial score (nSPS) is 18.9. The van der Waals surface area contributed by atoms with Crippen molar-refractivity contribution in [2.24, 2.45) is 11.7 Å². The molecule has 2 aromatic rings. The molecule has 1 aliphatic rings. The van der Waals surface area contributed by atoms with Crippen LogP contribution >= 0.6 is 23.1 Å². The molecule has 1 saturated heterocycles. The van der Waals surface area contributed by atoms with Crippen molar-refractivity contribution >= 4 is 50.8 Å². The number of nitrogens with zero attached hydrogens (tertiary/aromatic N) is 2. The van der Waals surface area contributed by atoms with E-state index < -0.39 is 5.91 Å². The van der Waals surface area contributed by atoms with Gasteiger partial charge in [-0.1, -0.05) is 11.8 Å². The molecule has 0 bridgehead atoms. The zero-order chi connectivity index (χ0) is 14.3. The zero-order valence-corrected chi connectivity index (χ0v) is 12.5. The van der Waals surface area contributed by atoms with E-state index in [1.807, 2.05) is 24.5 Å². The van der Waals surface area contributed by atoms with Gasteiger partial charge in [0.05, 0.1) is 16.1 Å². The van der Waals surface area contributed by atoms with E-state index in [4.69, 9.17) is 5.73 Å². The van der Waals surface area contributed by atoms with Crippen molar-refractivity contribution in [3.8, 4) is 0 Å². The van der Waals surface area contributed by atoms with Gasteiger partial charge in [-0.3, -0.25) is 9.59 Å². The Balaban J connectivity index is 1.94. The van der Waals surface area contributed by atoms with Gasteiger partial charge in [-0.15, -0.1) is 11.3 Å². The molecule has 5 nitrogen and oxygen atoms in total. The highest BCUT2D eigenvalue weighted by Gasteiger charge is 2.34. The molecule has 2 heterocycles. The Kier molecular flexibility index (Phi) is 3.39. The van der Waals surface area contributed by atoms with Crippen molar-refractivity contribution in [3.05, 3.63) is 18.2 Å². The molecule has 2 amide bonds. The fraction of sp³-hybridized carbons (Fsp3) is 0.308. The first-order valence-corrected chi connectivity index (χ1v) is 8.17. The van der Waals surface area contributed by atoms with E-state index in [2.05, 4.69) is 4.98 Å². The second-order valence-corrected chi connectivity index (χ2v) is 6.73. The lowest BCUT2D eigenvalue weighted by Crippen LogP contribution is -2.28. The number of fused-ring (bicyclic) bond motifs is 1. The first kappa shape index (κ1) is 13.4. The molecule has 2 N–H and O–H groups in total. The van der Waals surface area contributed by atoms with Gasteiger partial charge in [0.15, 0.2) is 4.34 Å². The van der Waals surface area contributed by atoms with Crippen LogP contribution in [0, 0.1) is 5.92 Å². The van der Waals surface area contributed by atoms with Gasteiger partial charge in [-0.25, -0.2) is 4.98 Å². The number of thioether (sulfide) groups is 1. The lowest BCUT2D eigenvalue weighted by molar-refractivity contribution is -0.123. The van der Waals surface area contributed by atoms with E-state index in [0.29, 0.717) is 6.54 Å². The summed E-state index contributed by atoms with van der Waals surface area (Å²) in [6.07, 6.45) is 2.19. The minimum atomic E-state index is -0.413. The molecule has 0 radical (unpaired) electrons. The maximum absolute atomic E-state index is 12.0. The van der Waals surface area contributed by atoms with Gasteiger partial charge >= 0.3 is 0 Å². The van der Waals surface area contributed by atoms with Gasteiger partial charge in [0.1, 0.15) is 0 Å². The molecule has 1 atom stereocenters. The van der Waals surface area contributed by atoms with E-state index in [-0.39, 0.29) is 18.2 Å². The number of thiazole rings is 1. The molecule has 7 heteroatoms. The molecular weight excluding hydrogens is 294 g/mol. The first-order valence-electron chi connectivity index (χ1n) is 6.12. The number of hydrogen-bond acceptors (Lipinski definition) is 5. The van der Waals surface area contributed by atoms with Gasteiger partial charge in [0.2, 0.25) is 11.8 Å². The number of aromatic nitrogens is 1. The summed E-state index contributed by atoms with van der Waals surface area (Å²) in [4.78, 5) is 29.3. The summed E-state index contributed by atoms with van der Waals surface area (Å²) in [6, 6.07) is 5.73. The average molecular weight is 307 g/mol. The predicted octanol–water partition coefficient (Wildman–Crippen LogP) is 1.86. The highest BCUT2D eigenvalue weighted by atomic mass is 32.2. The largest absolute Gasteiger partial charge is 0.369 e. The minimum Gasteiger partial charge on any atom is -0.369 e. The van der Waals surface area contributed by atoms with Gasteiger partial charge in [0, 0.05) is 18.7 Å². The summed E-state index contributed by atoms with van der Waals surface area (Å²) >= 11 is 3.20. The molecule has 1 aliphatic heterocycles. The Morgan fingerprint density at radius 3 is 3.00 bits per heavy atom. The maximum atomic E-state index is 12.0. The van der Waals surface area contributed by atoms with Crippen LogP contribution in [-0.4, -0.2) is 29.6 Å². The SMILES string of the molecule is CSc1nc2ccc(N3CC(C(N)=O)CC3=O)cc2s1. The van der Waals surface area contributed by atoms with Crippen LogP contribution in [0.2, 0.25) is 0 Å². The van der Waals surface area contributed by atoms with Crippen molar-refractivity contribution < 1.29 is 9.59 Å². The molecule has 0 saturated carbocycles. The van der Waals surface area contributed by atoms with Crippen molar-refractivity contribution in [2.75, 3.05) is 17.7 Å². The Hall–Kier alpha value is -1.60. The molecule has 0 spiro atoms. The third kappa shape index (κ3) is 2.27. The highest BCUT2D eigenvalue weighted by Crippen LogP contribution is 2.33. The molecule has 104 valence electrons. The van der Waals surface area contributed by atoms with Gasteiger partial charge < -0.3 is 10.6 Å². The monoisotopic (exact) mass is 307 g/mol. The summed E-state index contributed by atoms with van der Waals surface area (Å²) in [5.41, 5.74) is 7.02. The molecule has 1 unspecified atom stereocenters. The smallest absolute Gasteiger partial charge is 0.227 e. The van der Waals surface area contributed by atoms with E-state index in [1.165, 1.54) is 0 Å². The summed E-state index contributed by atoms with van der Waals surface area (Å²) in [5, 5.41) is 0. The number of amides is 2. The highest BCUT2D eigenvalue weighted by molar-refractivity contribution is 8.00. The molecular formula is C13H13N3O2S2. The maximum Gasteiger partial charge on any atom is 0.227 e. The topological polar surface area (TPSA) is 76.3 Å². The standard InChI is InChI=1S/C13H13N3O2S2/c1-19-13-15-9-3-2-8(5-10(9)20-13)16-6-7(12(14)18)4-11(16)17/h2-3,5,7H,4,6H2,1H3,(H2,14,18). The first-order chi connectivity index (χ1) is 9.58. The zero-order valence-electron chi connectivity index (χ0n) is 10.8. The Bertz CT molecular complexity index is 698. The molecule has 1 fully saturated rings. The number of benzene rings is 1. The fourth-order valence-corrected chi connectivity index (χ4v) is 3.82. The van der Waals surface area contributed by atoms with Gasteiger partial charge in [-0.2, -0.15) is 0 Å². The summed E-state index contributed by atoms with van der Waals surface area (Å²) in [7, 11) is 0. The second kappa shape index (κ2) is 5.06. The van der Waals surface area contributed by atoms with Crippen LogP contribution in [0.15, 0.2) is 22.5 Å². The Morgan fingerprint density at radius 1 is 1.55 bits per heavy atom. The average Bonchev–Trinajstić information content (AvgIpc) is 3.00. The van der Waals surface area contributed by atoms with Crippen molar-refractivity contribution in [3.63, 3.8) is 0 Å². The number of nitrogens with two attached hydrogens (primary N) is 1. The van der Waals surface area contributed by atoms with Crippen molar-refractivity contribution in [1.29, 1.82) is 0 Å². The number of primary amides is 1. The quantitative estimate of drug-likeness (QED) is 0.878. The van der Waals surface area contributed by atoms with E-state index in [0.717, 1.165) is 20.2 Å². The lowest BCUT2D eigenvalue weighted by Gasteiger charge is -2.16. The van der Waals surface area contributed by atoms with Crippen LogP contribution in [0.3, 0.4) is 0 Å². The fourth-order valence-electron chi connectivity index (χ4n) is 2.30. The summed E-state index contributed by atoms with van der Waals surface area (Å²) in [6.45, 7) is 0.369. The molecule has 1 aromatic carbocycles. The van der Waals surface area contributed by atoms with Crippen molar-refractivity contribution in [2.45, 2.75) is 10.8 Å². The predicted molar refractivity (Wildman–Crippen MR) is 81.1 cm³/mol. The number of rotatable bonds is 3. The van der Waals surface area contributed by atoms with Crippen LogP contribution in [0.4, 0.5) is 5.69 Å². The number of carbonyl (C=O) groups is 2. The van der Waals surface area contributed by atoms with Crippen LogP contribution in [0.1, 0.15) is 6.42 Å². The van der Waals surface area contributed by atoms with E-state index in [9.17, 15) is 9.59 Å². The molecule has 3 rings (SSSR count).